The highest BCUT2D eigenvalue weighted by Crippen LogP contribution is 2.25. The van der Waals surface area contributed by atoms with Crippen LogP contribution in [-0.2, 0) is 4.74 Å². The van der Waals surface area contributed by atoms with Crippen molar-refractivity contribution in [1.29, 1.82) is 0 Å². The van der Waals surface area contributed by atoms with Gasteiger partial charge in [0.25, 0.3) is 5.91 Å². The van der Waals surface area contributed by atoms with Crippen LogP contribution in [0.1, 0.15) is 68.3 Å². The molecular formula is C28H39N5O2. The molecule has 1 heterocycles. The van der Waals surface area contributed by atoms with Crippen molar-refractivity contribution < 1.29 is 9.53 Å². The Bertz CT molecular complexity index is 1040. The Labute approximate surface area is 209 Å². The van der Waals surface area contributed by atoms with E-state index in [1.165, 1.54) is 19.3 Å². The molecule has 7 nitrogen and oxygen atoms in total. The van der Waals surface area contributed by atoms with E-state index in [2.05, 4.69) is 24.1 Å². The van der Waals surface area contributed by atoms with Crippen LogP contribution in [0, 0.1) is 0 Å². The lowest BCUT2D eigenvalue weighted by Crippen LogP contribution is -2.29. The van der Waals surface area contributed by atoms with Crippen LogP contribution in [-0.4, -0.2) is 25.1 Å². The monoisotopic (exact) mass is 477 g/mol. The molecule has 1 unspecified atom stereocenters. The molecule has 2 aromatic carbocycles. The van der Waals surface area contributed by atoms with E-state index in [-0.39, 0.29) is 12.0 Å². The van der Waals surface area contributed by atoms with Gasteiger partial charge in [0.1, 0.15) is 6.10 Å². The number of nitrogens with two attached hydrogens (primary N) is 3. The second-order valence-corrected chi connectivity index (χ2v) is 8.98. The predicted octanol–water partition coefficient (Wildman–Crippen LogP) is 5.21. The van der Waals surface area contributed by atoms with Crippen molar-refractivity contribution in [2.75, 3.05) is 29.0 Å². The average Bonchev–Trinajstić information content (AvgIpc) is 2.88. The molecule has 0 aliphatic carbocycles. The molecule has 1 amide bonds. The number of benzene rings is 2. The fraction of sp³-hybridized carbons (Fsp3) is 0.393. The molecular weight excluding hydrogens is 438 g/mol. The number of piperidine rings is 1. The number of nitrogen functional groups attached to an aromatic ring is 1. The molecule has 1 fully saturated rings. The van der Waals surface area contributed by atoms with Crippen molar-refractivity contribution in [2.45, 2.75) is 58.5 Å². The van der Waals surface area contributed by atoms with E-state index in [0.29, 0.717) is 28.5 Å². The summed E-state index contributed by atoms with van der Waals surface area (Å²) in [6.45, 7) is 6.22. The number of nitrogens with one attached hydrogen (secondary N) is 1. The van der Waals surface area contributed by atoms with Gasteiger partial charge in [-0.25, -0.2) is 0 Å². The highest BCUT2D eigenvalue weighted by atomic mass is 16.5. The molecule has 0 spiro atoms. The number of ether oxygens (including phenoxy) is 1. The lowest BCUT2D eigenvalue weighted by Gasteiger charge is -2.29. The van der Waals surface area contributed by atoms with Gasteiger partial charge in [-0.15, -0.1) is 0 Å². The molecule has 188 valence electrons. The van der Waals surface area contributed by atoms with Crippen LogP contribution in [0.3, 0.4) is 0 Å². The number of hydrogen-bond acceptors (Lipinski definition) is 6. The Morgan fingerprint density at radius 2 is 1.77 bits per heavy atom. The number of allylic oxidation sites excluding steroid dienone is 2. The van der Waals surface area contributed by atoms with Gasteiger partial charge in [-0.05, 0) is 80.2 Å². The second kappa shape index (κ2) is 12.7. The smallest absolute Gasteiger partial charge is 0.257 e. The van der Waals surface area contributed by atoms with Crippen LogP contribution in [0.5, 0.6) is 0 Å². The van der Waals surface area contributed by atoms with Crippen molar-refractivity contribution in [2.24, 2.45) is 11.5 Å². The molecule has 0 aromatic heterocycles. The molecule has 3 rings (SSSR count). The van der Waals surface area contributed by atoms with E-state index in [0.717, 1.165) is 43.6 Å². The summed E-state index contributed by atoms with van der Waals surface area (Å²) in [6, 6.07) is 13.0. The zero-order chi connectivity index (χ0) is 25.2. The van der Waals surface area contributed by atoms with Crippen LogP contribution in [0.4, 0.5) is 17.1 Å². The fourth-order valence-corrected chi connectivity index (χ4v) is 4.20. The van der Waals surface area contributed by atoms with E-state index >= 15 is 0 Å². The van der Waals surface area contributed by atoms with Gasteiger partial charge >= 0.3 is 0 Å². The quantitative estimate of drug-likeness (QED) is 0.212. The highest BCUT2D eigenvalue weighted by Gasteiger charge is 2.16. The van der Waals surface area contributed by atoms with Crippen LogP contribution >= 0.6 is 0 Å². The molecule has 0 saturated carbocycles. The molecule has 1 aliphatic rings. The number of nitrogens with zero attached hydrogens (tertiary/aromatic N) is 1. The van der Waals surface area contributed by atoms with E-state index < -0.39 is 0 Å². The maximum absolute atomic E-state index is 12.9. The summed E-state index contributed by atoms with van der Waals surface area (Å²) < 4.78 is 5.77. The van der Waals surface area contributed by atoms with Gasteiger partial charge < -0.3 is 32.2 Å². The maximum atomic E-state index is 12.9. The lowest BCUT2D eigenvalue weighted by atomic mass is 10.1. The topological polar surface area (TPSA) is 120 Å². The zero-order valence-electron chi connectivity index (χ0n) is 20.9. The Balaban J connectivity index is 1.64. The number of hydrogen-bond donors (Lipinski definition) is 4. The zero-order valence-corrected chi connectivity index (χ0v) is 20.9. The van der Waals surface area contributed by atoms with E-state index in [4.69, 9.17) is 21.9 Å². The fourth-order valence-electron chi connectivity index (χ4n) is 4.20. The predicted molar refractivity (Wildman–Crippen MR) is 146 cm³/mol. The summed E-state index contributed by atoms with van der Waals surface area (Å²) in [5.74, 6) is 0.115. The van der Waals surface area contributed by atoms with Crippen LogP contribution < -0.4 is 27.4 Å². The van der Waals surface area contributed by atoms with Gasteiger partial charge in [0.15, 0.2) is 5.88 Å². The molecule has 1 aliphatic heterocycles. The molecule has 35 heavy (non-hydrogen) atoms. The molecule has 7 N–H and O–H groups in total. The molecule has 7 heteroatoms. The van der Waals surface area contributed by atoms with Crippen LogP contribution in [0.2, 0.25) is 0 Å². The maximum Gasteiger partial charge on any atom is 0.257 e. The van der Waals surface area contributed by atoms with Crippen molar-refractivity contribution in [3.05, 3.63) is 71.6 Å². The van der Waals surface area contributed by atoms with Crippen molar-refractivity contribution >= 4 is 28.7 Å². The third-order valence-electron chi connectivity index (χ3n) is 6.27. The summed E-state index contributed by atoms with van der Waals surface area (Å²) in [7, 11) is 0. The van der Waals surface area contributed by atoms with Crippen LogP contribution in [0.25, 0.3) is 5.70 Å². The van der Waals surface area contributed by atoms with Gasteiger partial charge in [0.2, 0.25) is 0 Å². The van der Waals surface area contributed by atoms with E-state index in [1.807, 2.05) is 36.4 Å². The summed E-state index contributed by atoms with van der Waals surface area (Å²) >= 11 is 0. The minimum atomic E-state index is -0.233. The SMILES string of the molecule is CCCC(CC)O/C(N)=C/C=C(\N)c1ccc(NC(=O)c2cc(N3CCCCC3)ccc2N)cc1. The number of carbonyl (C=O) groups excluding carboxylic acids is 1. The molecule has 0 bridgehead atoms. The number of anilines is 3. The third kappa shape index (κ3) is 7.44. The first-order valence-electron chi connectivity index (χ1n) is 12.6. The largest absolute Gasteiger partial charge is 0.476 e. The van der Waals surface area contributed by atoms with Gasteiger partial charge in [0, 0.05) is 35.8 Å². The highest BCUT2D eigenvalue weighted by molar-refractivity contribution is 6.08. The summed E-state index contributed by atoms with van der Waals surface area (Å²) in [5.41, 5.74) is 22.3. The average molecular weight is 478 g/mol. The minimum Gasteiger partial charge on any atom is -0.476 e. The first-order chi connectivity index (χ1) is 16.9. The lowest BCUT2D eigenvalue weighted by molar-refractivity contribution is 0.102. The second-order valence-electron chi connectivity index (χ2n) is 8.98. The minimum absolute atomic E-state index is 0.114. The van der Waals surface area contributed by atoms with Gasteiger partial charge in [-0.2, -0.15) is 0 Å². The first kappa shape index (κ1) is 26.0. The molecule has 1 saturated heterocycles. The number of amides is 1. The van der Waals surface area contributed by atoms with Gasteiger partial charge in [-0.1, -0.05) is 32.4 Å². The van der Waals surface area contributed by atoms with E-state index in [1.54, 1.807) is 18.2 Å². The number of rotatable bonds is 10. The Kier molecular flexibility index (Phi) is 9.47. The standard InChI is InChI=1S/C28H39N5O2/c1-3-8-23(4-2)35-27(31)16-15-25(29)20-9-11-21(12-10-20)32-28(34)24-19-22(13-14-26(24)30)33-17-6-5-7-18-33/h9-16,19,23H,3-8,17-18,29-31H2,1-2H3,(H,32,34)/b25-15-,27-16+. The first-order valence-corrected chi connectivity index (χ1v) is 12.6. The van der Waals surface area contributed by atoms with Crippen molar-refractivity contribution in [3.8, 4) is 0 Å². The van der Waals surface area contributed by atoms with Crippen molar-refractivity contribution in [3.63, 3.8) is 0 Å². The Morgan fingerprint density at radius 3 is 2.43 bits per heavy atom. The van der Waals surface area contributed by atoms with Crippen LogP contribution in [0.15, 0.2) is 60.5 Å². The molecule has 0 radical (unpaired) electrons. The van der Waals surface area contributed by atoms with Gasteiger partial charge in [-0.3, -0.25) is 4.79 Å². The number of carbonyl (C=O) groups is 1. The normalized spacial score (nSPS) is 15.5. The Morgan fingerprint density at radius 1 is 1.06 bits per heavy atom. The third-order valence-corrected chi connectivity index (χ3v) is 6.27. The summed E-state index contributed by atoms with van der Waals surface area (Å²) in [4.78, 5) is 15.3. The summed E-state index contributed by atoms with van der Waals surface area (Å²) in [5, 5.41) is 2.94. The summed E-state index contributed by atoms with van der Waals surface area (Å²) in [6.07, 6.45) is 10.0. The van der Waals surface area contributed by atoms with E-state index in [9.17, 15) is 4.79 Å². The Hall–Kier alpha value is -3.61. The molecule has 1 atom stereocenters. The van der Waals surface area contributed by atoms with Crippen molar-refractivity contribution in [1.82, 2.24) is 0 Å². The van der Waals surface area contributed by atoms with Gasteiger partial charge in [0.05, 0.1) is 5.56 Å². The molecule has 2 aromatic rings.